The van der Waals surface area contributed by atoms with Crippen LogP contribution in [-0.2, 0) is 10.0 Å². The zero-order chi connectivity index (χ0) is 22.2. The van der Waals surface area contributed by atoms with E-state index in [1.807, 2.05) is 13.0 Å². The Hall–Kier alpha value is -3.04. The lowest BCUT2D eigenvalue weighted by Crippen LogP contribution is -2.50. The van der Waals surface area contributed by atoms with Gasteiger partial charge in [-0.15, -0.1) is 0 Å². The first-order valence-corrected chi connectivity index (χ1v) is 11.4. The van der Waals surface area contributed by atoms with Crippen molar-refractivity contribution in [1.82, 2.24) is 19.0 Å². The lowest BCUT2D eigenvalue weighted by Gasteiger charge is -2.34. The number of carbonyl (C=O) groups is 1. The van der Waals surface area contributed by atoms with Gasteiger partial charge in [-0.05, 0) is 49.2 Å². The van der Waals surface area contributed by atoms with E-state index >= 15 is 0 Å². The van der Waals surface area contributed by atoms with Crippen LogP contribution in [0.4, 0.5) is 4.39 Å². The fraction of sp³-hybridized carbons (Fsp3) is 0.273. The SMILES string of the molecule is Cc1ccc(C)c(S(=O)(=O)N2CCN(C(=O)c3ccn(-c4ccccc4F)n3)CC2)c1. The Morgan fingerprint density at radius 1 is 1.00 bits per heavy atom. The normalized spacial score (nSPS) is 15.3. The first-order valence-electron chi connectivity index (χ1n) is 9.94. The van der Waals surface area contributed by atoms with Crippen molar-refractivity contribution >= 4 is 15.9 Å². The molecule has 0 aliphatic carbocycles. The topological polar surface area (TPSA) is 75.5 Å². The van der Waals surface area contributed by atoms with Gasteiger partial charge in [-0.2, -0.15) is 9.40 Å². The number of benzene rings is 2. The van der Waals surface area contributed by atoms with Crippen molar-refractivity contribution < 1.29 is 17.6 Å². The van der Waals surface area contributed by atoms with Crippen LogP contribution in [0.1, 0.15) is 21.6 Å². The number of halogens is 1. The van der Waals surface area contributed by atoms with E-state index in [2.05, 4.69) is 5.10 Å². The fourth-order valence-corrected chi connectivity index (χ4v) is 5.36. The number of para-hydroxylation sites is 1. The van der Waals surface area contributed by atoms with E-state index in [9.17, 15) is 17.6 Å². The highest BCUT2D eigenvalue weighted by molar-refractivity contribution is 7.89. The number of piperazine rings is 1. The maximum atomic E-state index is 14.0. The Morgan fingerprint density at radius 2 is 1.71 bits per heavy atom. The number of aryl methyl sites for hydroxylation is 2. The highest BCUT2D eigenvalue weighted by Gasteiger charge is 2.32. The number of hydrogen-bond acceptors (Lipinski definition) is 4. The smallest absolute Gasteiger partial charge is 0.274 e. The summed E-state index contributed by atoms with van der Waals surface area (Å²) in [6.45, 7) is 4.56. The minimum Gasteiger partial charge on any atom is -0.335 e. The molecule has 1 aromatic heterocycles. The van der Waals surface area contributed by atoms with Crippen molar-refractivity contribution in [3.8, 4) is 5.69 Å². The fourth-order valence-electron chi connectivity index (χ4n) is 3.63. The zero-order valence-corrected chi connectivity index (χ0v) is 18.1. The molecule has 2 heterocycles. The van der Waals surface area contributed by atoms with Crippen LogP contribution in [0.25, 0.3) is 5.69 Å². The van der Waals surface area contributed by atoms with Gasteiger partial charge in [0.25, 0.3) is 5.91 Å². The molecular weight excluding hydrogens is 419 g/mol. The predicted molar refractivity (Wildman–Crippen MR) is 114 cm³/mol. The largest absolute Gasteiger partial charge is 0.335 e. The summed E-state index contributed by atoms with van der Waals surface area (Å²) in [4.78, 5) is 14.7. The maximum Gasteiger partial charge on any atom is 0.274 e. The second kappa shape index (κ2) is 8.24. The number of carbonyl (C=O) groups excluding carboxylic acids is 1. The van der Waals surface area contributed by atoms with Gasteiger partial charge in [-0.3, -0.25) is 4.79 Å². The molecule has 0 spiro atoms. The van der Waals surface area contributed by atoms with E-state index in [0.717, 1.165) is 5.56 Å². The summed E-state index contributed by atoms with van der Waals surface area (Å²) in [5.74, 6) is -0.742. The molecule has 0 saturated carbocycles. The van der Waals surface area contributed by atoms with E-state index < -0.39 is 15.8 Å². The summed E-state index contributed by atoms with van der Waals surface area (Å²) < 4.78 is 42.8. The third-order valence-electron chi connectivity index (χ3n) is 5.39. The van der Waals surface area contributed by atoms with Crippen LogP contribution >= 0.6 is 0 Å². The third-order valence-corrected chi connectivity index (χ3v) is 7.44. The molecule has 9 heteroatoms. The molecule has 3 aromatic rings. The van der Waals surface area contributed by atoms with Crippen molar-refractivity contribution in [1.29, 1.82) is 0 Å². The molecule has 162 valence electrons. The Labute approximate surface area is 180 Å². The number of hydrogen-bond donors (Lipinski definition) is 0. The van der Waals surface area contributed by atoms with Crippen LogP contribution < -0.4 is 0 Å². The molecule has 2 aromatic carbocycles. The second-order valence-electron chi connectivity index (χ2n) is 7.56. The zero-order valence-electron chi connectivity index (χ0n) is 17.3. The number of rotatable bonds is 4. The average molecular weight is 443 g/mol. The number of aromatic nitrogens is 2. The quantitative estimate of drug-likeness (QED) is 0.623. The van der Waals surface area contributed by atoms with Gasteiger partial charge >= 0.3 is 0 Å². The molecule has 1 saturated heterocycles. The Morgan fingerprint density at radius 3 is 2.42 bits per heavy atom. The molecule has 1 amide bonds. The molecule has 1 fully saturated rings. The van der Waals surface area contributed by atoms with Crippen LogP contribution in [-0.4, -0.2) is 59.5 Å². The number of nitrogens with zero attached hydrogens (tertiary/aromatic N) is 4. The Bertz CT molecular complexity index is 1230. The molecule has 1 aliphatic heterocycles. The van der Waals surface area contributed by atoms with Gasteiger partial charge in [0, 0.05) is 32.4 Å². The summed E-state index contributed by atoms with van der Waals surface area (Å²) in [6, 6.07) is 13.1. The Balaban J connectivity index is 1.46. The van der Waals surface area contributed by atoms with E-state index in [-0.39, 0.29) is 43.5 Å². The van der Waals surface area contributed by atoms with E-state index in [1.165, 1.54) is 27.3 Å². The van der Waals surface area contributed by atoms with E-state index in [0.29, 0.717) is 10.5 Å². The van der Waals surface area contributed by atoms with Crippen molar-refractivity contribution in [2.45, 2.75) is 18.7 Å². The molecule has 0 unspecified atom stereocenters. The van der Waals surface area contributed by atoms with Gasteiger partial charge in [0.2, 0.25) is 10.0 Å². The van der Waals surface area contributed by atoms with E-state index in [1.54, 1.807) is 42.2 Å². The summed E-state index contributed by atoms with van der Waals surface area (Å²) in [7, 11) is -3.63. The molecule has 0 atom stereocenters. The minimum absolute atomic E-state index is 0.189. The monoisotopic (exact) mass is 442 g/mol. The van der Waals surface area contributed by atoms with Crippen LogP contribution in [0, 0.1) is 19.7 Å². The third kappa shape index (κ3) is 4.11. The molecule has 7 nitrogen and oxygen atoms in total. The van der Waals surface area contributed by atoms with Crippen molar-refractivity contribution in [3.63, 3.8) is 0 Å². The second-order valence-corrected chi connectivity index (χ2v) is 9.47. The lowest BCUT2D eigenvalue weighted by molar-refractivity contribution is 0.0691. The van der Waals surface area contributed by atoms with Crippen molar-refractivity contribution in [2.75, 3.05) is 26.2 Å². The van der Waals surface area contributed by atoms with Crippen LogP contribution in [0.2, 0.25) is 0 Å². The summed E-state index contributed by atoms with van der Waals surface area (Å²) >= 11 is 0. The molecule has 31 heavy (non-hydrogen) atoms. The number of sulfonamides is 1. The highest BCUT2D eigenvalue weighted by atomic mass is 32.2. The minimum atomic E-state index is -3.63. The lowest BCUT2D eigenvalue weighted by atomic mass is 10.2. The van der Waals surface area contributed by atoms with Gasteiger partial charge in [0.05, 0.1) is 4.90 Å². The first kappa shape index (κ1) is 21.2. The first-order chi connectivity index (χ1) is 14.8. The Kier molecular flexibility index (Phi) is 5.63. The standard InChI is InChI=1S/C22H23FN4O3S/c1-16-7-8-17(2)21(15-16)31(29,30)26-13-11-25(12-14-26)22(28)19-9-10-27(24-19)20-6-4-3-5-18(20)23/h3-10,15H,11-14H2,1-2H3. The van der Waals surface area contributed by atoms with Gasteiger partial charge in [0.15, 0.2) is 5.69 Å². The molecule has 0 radical (unpaired) electrons. The molecular formula is C22H23FN4O3S. The van der Waals surface area contributed by atoms with Gasteiger partial charge in [-0.1, -0.05) is 24.3 Å². The van der Waals surface area contributed by atoms with Crippen LogP contribution in [0.15, 0.2) is 59.6 Å². The van der Waals surface area contributed by atoms with Gasteiger partial charge < -0.3 is 4.90 Å². The maximum absolute atomic E-state index is 14.0. The summed E-state index contributed by atoms with van der Waals surface area (Å²) in [6.07, 6.45) is 1.53. The molecule has 4 rings (SSSR count). The summed E-state index contributed by atoms with van der Waals surface area (Å²) in [5.41, 5.74) is 2.02. The molecule has 0 bridgehead atoms. The van der Waals surface area contributed by atoms with Crippen LogP contribution in [0.3, 0.4) is 0 Å². The van der Waals surface area contributed by atoms with Gasteiger partial charge in [-0.25, -0.2) is 17.5 Å². The van der Waals surface area contributed by atoms with Crippen LogP contribution in [0.5, 0.6) is 0 Å². The number of amides is 1. The molecule has 1 aliphatic rings. The van der Waals surface area contributed by atoms with Gasteiger partial charge in [0.1, 0.15) is 11.5 Å². The van der Waals surface area contributed by atoms with E-state index in [4.69, 9.17) is 0 Å². The van der Waals surface area contributed by atoms with Crippen molar-refractivity contribution in [2.24, 2.45) is 0 Å². The molecule has 0 N–H and O–H groups in total. The predicted octanol–water partition coefficient (Wildman–Crippen LogP) is 2.77. The highest BCUT2D eigenvalue weighted by Crippen LogP contribution is 2.23. The summed E-state index contributed by atoms with van der Waals surface area (Å²) in [5, 5.41) is 4.21. The van der Waals surface area contributed by atoms with Crippen molar-refractivity contribution in [3.05, 3.63) is 77.4 Å². The average Bonchev–Trinajstić information content (AvgIpc) is 3.25.